The Kier molecular flexibility index (Phi) is 4.35. The maximum absolute atomic E-state index is 13.6. The van der Waals surface area contributed by atoms with Gasteiger partial charge in [0.15, 0.2) is 0 Å². The zero-order valence-electron chi connectivity index (χ0n) is 10.00. The highest BCUT2D eigenvalue weighted by Gasteiger charge is 2.19. The van der Waals surface area contributed by atoms with E-state index < -0.39 is 38.9 Å². The van der Waals surface area contributed by atoms with Crippen LogP contribution in [0.5, 0.6) is 0 Å². The molecule has 2 nitrogen and oxygen atoms in total. The van der Waals surface area contributed by atoms with Gasteiger partial charge in [0.2, 0.25) is 0 Å². The second-order valence-electron chi connectivity index (χ2n) is 4.00. The fraction of sp³-hybridized carbons (Fsp3) is 0.0769. The van der Waals surface area contributed by atoms with E-state index in [1.165, 1.54) is 12.1 Å². The number of anilines is 1. The van der Waals surface area contributed by atoms with Gasteiger partial charge in [-0.25, -0.2) is 13.2 Å². The van der Waals surface area contributed by atoms with Crippen LogP contribution in [0.1, 0.15) is 5.56 Å². The first kappa shape index (κ1) is 14.9. The third kappa shape index (κ3) is 2.96. The number of hydrogen-bond donors (Lipinski definition) is 1. The molecular weight excluding hydrogens is 311 g/mol. The SMILES string of the molecule is Nc1cc(F)c(S(=O)Cc2c(F)cccc2Cl)c(F)c1. The van der Waals surface area contributed by atoms with Crippen molar-refractivity contribution in [1.82, 2.24) is 0 Å². The van der Waals surface area contributed by atoms with Crippen LogP contribution in [-0.2, 0) is 16.6 Å². The lowest BCUT2D eigenvalue weighted by atomic mass is 10.2. The van der Waals surface area contributed by atoms with Crippen molar-refractivity contribution in [3.63, 3.8) is 0 Å². The molecule has 0 radical (unpaired) electrons. The minimum Gasteiger partial charge on any atom is -0.399 e. The van der Waals surface area contributed by atoms with E-state index in [-0.39, 0.29) is 16.3 Å². The van der Waals surface area contributed by atoms with Crippen LogP contribution in [0.4, 0.5) is 18.9 Å². The molecule has 7 heteroatoms. The second-order valence-corrected chi connectivity index (χ2v) is 5.80. The van der Waals surface area contributed by atoms with Gasteiger partial charge in [0, 0.05) is 16.3 Å². The van der Waals surface area contributed by atoms with E-state index in [1.807, 2.05) is 0 Å². The maximum Gasteiger partial charge on any atom is 0.144 e. The van der Waals surface area contributed by atoms with Crippen LogP contribution in [0.15, 0.2) is 35.2 Å². The Morgan fingerprint density at radius 2 is 1.70 bits per heavy atom. The van der Waals surface area contributed by atoms with Gasteiger partial charge in [-0.15, -0.1) is 0 Å². The van der Waals surface area contributed by atoms with Gasteiger partial charge in [-0.2, -0.15) is 0 Å². The molecule has 0 fully saturated rings. The summed E-state index contributed by atoms with van der Waals surface area (Å²) in [6.07, 6.45) is 0. The number of hydrogen-bond acceptors (Lipinski definition) is 2. The summed E-state index contributed by atoms with van der Waals surface area (Å²) in [5.41, 5.74) is 5.10. The minimum absolute atomic E-state index is 0.0506. The quantitative estimate of drug-likeness (QED) is 0.878. The summed E-state index contributed by atoms with van der Waals surface area (Å²) in [6.45, 7) is 0. The number of halogens is 4. The highest BCUT2D eigenvalue weighted by atomic mass is 35.5. The molecule has 106 valence electrons. The van der Waals surface area contributed by atoms with Crippen molar-refractivity contribution in [3.8, 4) is 0 Å². The van der Waals surface area contributed by atoms with E-state index >= 15 is 0 Å². The molecule has 0 aromatic heterocycles. The first-order chi connectivity index (χ1) is 9.40. The van der Waals surface area contributed by atoms with Gasteiger partial charge >= 0.3 is 0 Å². The Morgan fingerprint density at radius 1 is 1.10 bits per heavy atom. The van der Waals surface area contributed by atoms with Crippen LogP contribution in [0, 0.1) is 17.5 Å². The topological polar surface area (TPSA) is 43.1 Å². The molecule has 0 aliphatic rings. The van der Waals surface area contributed by atoms with Crippen LogP contribution in [-0.4, -0.2) is 4.21 Å². The summed E-state index contributed by atoms with van der Waals surface area (Å²) in [7, 11) is -2.12. The molecule has 0 bridgehead atoms. The average Bonchev–Trinajstić information content (AvgIpc) is 2.32. The van der Waals surface area contributed by atoms with E-state index in [9.17, 15) is 17.4 Å². The van der Waals surface area contributed by atoms with Crippen LogP contribution in [0.2, 0.25) is 5.02 Å². The fourth-order valence-corrected chi connectivity index (χ4v) is 3.23. The molecule has 0 amide bonds. The Morgan fingerprint density at radius 3 is 2.25 bits per heavy atom. The summed E-state index contributed by atoms with van der Waals surface area (Å²) in [4.78, 5) is -0.640. The number of nitrogens with two attached hydrogens (primary N) is 1. The standard InChI is InChI=1S/C13H9ClF3NOS/c14-9-2-1-3-10(15)8(9)6-20(19)13-11(16)4-7(18)5-12(13)17/h1-5H,6,18H2. The zero-order valence-corrected chi connectivity index (χ0v) is 11.6. The molecule has 2 N–H and O–H groups in total. The van der Waals surface area contributed by atoms with Crippen LogP contribution < -0.4 is 5.73 Å². The summed E-state index contributed by atoms with van der Waals surface area (Å²) in [6, 6.07) is 5.65. The van der Waals surface area contributed by atoms with Crippen molar-refractivity contribution in [2.45, 2.75) is 10.6 Å². The molecule has 0 aliphatic carbocycles. The lowest BCUT2D eigenvalue weighted by molar-refractivity contribution is 0.535. The summed E-state index contributed by atoms with van der Waals surface area (Å²) >= 11 is 5.78. The van der Waals surface area contributed by atoms with Crippen molar-refractivity contribution in [3.05, 3.63) is 58.4 Å². The van der Waals surface area contributed by atoms with Crippen LogP contribution >= 0.6 is 11.6 Å². The lowest BCUT2D eigenvalue weighted by Gasteiger charge is -2.08. The van der Waals surface area contributed by atoms with Crippen LogP contribution in [0.25, 0.3) is 0 Å². The van der Waals surface area contributed by atoms with Crippen molar-refractivity contribution < 1.29 is 17.4 Å². The molecule has 0 saturated carbocycles. The molecule has 2 aromatic carbocycles. The monoisotopic (exact) mass is 319 g/mol. The molecule has 20 heavy (non-hydrogen) atoms. The first-order valence-electron chi connectivity index (χ1n) is 5.46. The van der Waals surface area contributed by atoms with Gasteiger partial charge in [0.05, 0.1) is 16.6 Å². The second kappa shape index (κ2) is 5.85. The number of rotatable bonds is 3. The third-order valence-corrected chi connectivity index (χ3v) is 4.34. The summed E-state index contributed by atoms with van der Waals surface area (Å²) < 4.78 is 52.9. The molecule has 0 heterocycles. The van der Waals surface area contributed by atoms with Gasteiger partial charge in [-0.05, 0) is 24.3 Å². The van der Waals surface area contributed by atoms with Crippen molar-refractivity contribution in [2.75, 3.05) is 5.73 Å². The van der Waals surface area contributed by atoms with Gasteiger partial charge in [-0.1, -0.05) is 17.7 Å². The Labute approximate surface area is 120 Å². The molecule has 2 rings (SSSR count). The Balaban J connectivity index is 2.39. The predicted octanol–water partition coefficient (Wildman–Crippen LogP) is 3.65. The van der Waals surface area contributed by atoms with Gasteiger partial charge < -0.3 is 5.73 Å². The molecular formula is C13H9ClF3NOS. The van der Waals surface area contributed by atoms with E-state index in [4.69, 9.17) is 17.3 Å². The predicted molar refractivity (Wildman–Crippen MR) is 72.3 cm³/mol. The molecule has 2 aromatic rings. The first-order valence-corrected chi connectivity index (χ1v) is 7.15. The van der Waals surface area contributed by atoms with Gasteiger partial charge in [0.1, 0.15) is 22.3 Å². The molecule has 0 saturated heterocycles. The van der Waals surface area contributed by atoms with Crippen molar-refractivity contribution >= 4 is 28.1 Å². The average molecular weight is 320 g/mol. The molecule has 1 atom stereocenters. The van der Waals surface area contributed by atoms with Crippen molar-refractivity contribution in [1.29, 1.82) is 0 Å². The van der Waals surface area contributed by atoms with E-state index in [2.05, 4.69) is 0 Å². The van der Waals surface area contributed by atoms with E-state index in [0.29, 0.717) is 0 Å². The lowest BCUT2D eigenvalue weighted by Crippen LogP contribution is -2.05. The van der Waals surface area contributed by atoms with Gasteiger partial charge in [0.25, 0.3) is 0 Å². The zero-order chi connectivity index (χ0) is 14.9. The third-order valence-electron chi connectivity index (χ3n) is 2.59. The Hall–Kier alpha value is -1.53. The highest BCUT2D eigenvalue weighted by molar-refractivity contribution is 7.84. The number of nitrogen functional groups attached to an aromatic ring is 1. The van der Waals surface area contributed by atoms with E-state index in [1.54, 1.807) is 0 Å². The van der Waals surface area contributed by atoms with Crippen LogP contribution in [0.3, 0.4) is 0 Å². The van der Waals surface area contributed by atoms with Gasteiger partial charge in [-0.3, -0.25) is 4.21 Å². The number of benzene rings is 2. The molecule has 1 unspecified atom stereocenters. The minimum atomic E-state index is -2.12. The molecule has 0 spiro atoms. The summed E-state index contributed by atoms with van der Waals surface area (Å²) in [5, 5.41) is 0.0506. The fourth-order valence-electron chi connectivity index (χ4n) is 1.67. The summed E-state index contributed by atoms with van der Waals surface area (Å²) in [5.74, 6) is -3.17. The van der Waals surface area contributed by atoms with Crippen molar-refractivity contribution in [2.24, 2.45) is 0 Å². The largest absolute Gasteiger partial charge is 0.399 e. The molecule has 0 aliphatic heterocycles. The maximum atomic E-state index is 13.6. The smallest absolute Gasteiger partial charge is 0.144 e. The van der Waals surface area contributed by atoms with E-state index in [0.717, 1.165) is 18.2 Å². The normalized spacial score (nSPS) is 12.4. The highest BCUT2D eigenvalue weighted by Crippen LogP contribution is 2.26. The Bertz CT molecular complexity index is 650.